The predicted molar refractivity (Wildman–Crippen MR) is 78.7 cm³/mol. The number of carbonyl (C=O) groups excluding carboxylic acids is 1. The van der Waals surface area contributed by atoms with Gasteiger partial charge in [0, 0.05) is 5.56 Å². The van der Waals surface area contributed by atoms with Crippen molar-refractivity contribution in [3.8, 4) is 17.2 Å². The number of anilines is 1. The van der Waals surface area contributed by atoms with Crippen molar-refractivity contribution in [1.29, 1.82) is 0 Å². The molecule has 0 aliphatic carbocycles. The fourth-order valence-electron chi connectivity index (χ4n) is 1.79. The highest BCUT2D eigenvalue weighted by molar-refractivity contribution is 7.12. The Labute approximate surface area is 136 Å². The molecule has 0 saturated heterocycles. The van der Waals surface area contributed by atoms with E-state index in [2.05, 4.69) is 20.3 Å². The molecule has 0 spiro atoms. The molecule has 0 radical (unpaired) electrons. The van der Waals surface area contributed by atoms with E-state index < -0.39 is 18.0 Å². The van der Waals surface area contributed by atoms with Gasteiger partial charge < -0.3 is 9.15 Å². The number of hydrogen-bond donors (Lipinski definition) is 1. The van der Waals surface area contributed by atoms with E-state index in [4.69, 9.17) is 4.42 Å². The zero-order chi connectivity index (χ0) is 17.2. The first-order valence-corrected chi connectivity index (χ1v) is 7.34. The summed E-state index contributed by atoms with van der Waals surface area (Å²) in [5.41, 5.74) is 0.641. The van der Waals surface area contributed by atoms with E-state index in [1.165, 1.54) is 5.38 Å². The number of rotatable bonds is 4. The van der Waals surface area contributed by atoms with Crippen molar-refractivity contribution in [1.82, 2.24) is 10.2 Å². The minimum absolute atomic E-state index is 0.170. The number of amides is 1. The van der Waals surface area contributed by atoms with E-state index >= 15 is 0 Å². The number of ether oxygens (including phenoxy) is 1. The van der Waals surface area contributed by atoms with Crippen LogP contribution in [0, 0.1) is 0 Å². The van der Waals surface area contributed by atoms with Crippen molar-refractivity contribution in [2.45, 2.75) is 6.36 Å². The van der Waals surface area contributed by atoms with Gasteiger partial charge in [-0.05, 0) is 23.6 Å². The number of aromatic nitrogens is 2. The third kappa shape index (κ3) is 3.71. The summed E-state index contributed by atoms with van der Waals surface area (Å²) < 4.78 is 45.9. The van der Waals surface area contributed by atoms with Crippen LogP contribution in [0.25, 0.3) is 11.5 Å². The first kappa shape index (κ1) is 16.0. The molecule has 6 nitrogen and oxygen atoms in total. The first-order valence-electron chi connectivity index (χ1n) is 6.46. The largest absolute Gasteiger partial charge is 0.573 e. The Morgan fingerprint density at radius 1 is 1.17 bits per heavy atom. The van der Waals surface area contributed by atoms with Gasteiger partial charge in [-0.3, -0.25) is 10.1 Å². The molecular formula is C14H8F3N3O3S. The zero-order valence-corrected chi connectivity index (χ0v) is 12.5. The van der Waals surface area contributed by atoms with Gasteiger partial charge in [-0.2, -0.15) is 0 Å². The Kier molecular flexibility index (Phi) is 4.21. The average Bonchev–Trinajstić information content (AvgIpc) is 3.16. The topological polar surface area (TPSA) is 77.3 Å². The molecule has 1 aromatic carbocycles. The van der Waals surface area contributed by atoms with Gasteiger partial charge in [-0.15, -0.1) is 29.6 Å². The smallest absolute Gasteiger partial charge is 0.404 e. The minimum atomic E-state index is -4.89. The molecule has 0 saturated carbocycles. The normalized spacial score (nSPS) is 11.3. The second-order valence-electron chi connectivity index (χ2n) is 4.39. The second-order valence-corrected chi connectivity index (χ2v) is 5.31. The lowest BCUT2D eigenvalue weighted by Crippen LogP contribution is -2.19. The summed E-state index contributed by atoms with van der Waals surface area (Å²) in [4.78, 5) is 11.8. The van der Waals surface area contributed by atoms with Gasteiger partial charge in [0.25, 0.3) is 5.91 Å². The van der Waals surface area contributed by atoms with Crippen LogP contribution in [0.1, 0.15) is 9.67 Å². The molecule has 0 atom stereocenters. The Hall–Kier alpha value is -2.88. The van der Waals surface area contributed by atoms with Crippen LogP contribution in [0.15, 0.2) is 46.2 Å². The SMILES string of the molecule is O=C(Nc1nnc(-c2ccccc2)o1)c1sccc1OC(F)(F)F. The molecule has 0 unspecified atom stereocenters. The number of nitrogens with zero attached hydrogens (tertiary/aromatic N) is 2. The highest BCUT2D eigenvalue weighted by Gasteiger charge is 2.33. The van der Waals surface area contributed by atoms with E-state index in [0.717, 1.165) is 17.4 Å². The van der Waals surface area contributed by atoms with Gasteiger partial charge in [-0.25, -0.2) is 0 Å². The molecule has 0 aliphatic heterocycles. The van der Waals surface area contributed by atoms with Gasteiger partial charge in [-0.1, -0.05) is 23.3 Å². The molecule has 1 amide bonds. The maximum Gasteiger partial charge on any atom is 0.573 e. The molecule has 1 N–H and O–H groups in total. The number of thiophene rings is 1. The van der Waals surface area contributed by atoms with Crippen molar-refractivity contribution in [2.75, 3.05) is 5.32 Å². The highest BCUT2D eigenvalue weighted by Crippen LogP contribution is 2.31. The van der Waals surface area contributed by atoms with Crippen LogP contribution in [0.4, 0.5) is 19.2 Å². The highest BCUT2D eigenvalue weighted by atomic mass is 32.1. The maximum atomic E-state index is 12.3. The van der Waals surface area contributed by atoms with Crippen molar-refractivity contribution in [2.24, 2.45) is 0 Å². The van der Waals surface area contributed by atoms with E-state index in [9.17, 15) is 18.0 Å². The van der Waals surface area contributed by atoms with Crippen LogP contribution >= 0.6 is 11.3 Å². The van der Waals surface area contributed by atoms with Crippen LogP contribution in [0.2, 0.25) is 0 Å². The van der Waals surface area contributed by atoms with Crippen LogP contribution in [0.3, 0.4) is 0 Å². The van der Waals surface area contributed by atoms with E-state index in [1.807, 2.05) is 6.07 Å². The Morgan fingerprint density at radius 2 is 1.92 bits per heavy atom. The molecule has 24 heavy (non-hydrogen) atoms. The summed E-state index contributed by atoms with van der Waals surface area (Å²) in [6.07, 6.45) is -4.89. The monoisotopic (exact) mass is 355 g/mol. The molecule has 0 fully saturated rings. The lowest BCUT2D eigenvalue weighted by Gasteiger charge is -2.08. The van der Waals surface area contributed by atoms with E-state index in [0.29, 0.717) is 5.56 Å². The number of benzene rings is 1. The minimum Gasteiger partial charge on any atom is -0.404 e. The fraction of sp³-hybridized carbons (Fsp3) is 0.0714. The predicted octanol–water partition coefficient (Wildman–Crippen LogP) is 3.95. The van der Waals surface area contributed by atoms with Crippen LogP contribution in [0.5, 0.6) is 5.75 Å². The molecule has 10 heteroatoms. The number of carbonyl (C=O) groups is 1. The molecule has 0 bridgehead atoms. The zero-order valence-electron chi connectivity index (χ0n) is 11.7. The summed E-state index contributed by atoms with van der Waals surface area (Å²) in [6.45, 7) is 0. The average molecular weight is 355 g/mol. The Morgan fingerprint density at radius 3 is 2.62 bits per heavy atom. The van der Waals surface area contributed by atoms with Gasteiger partial charge in [0.2, 0.25) is 5.89 Å². The van der Waals surface area contributed by atoms with E-state index in [1.54, 1.807) is 24.3 Å². The van der Waals surface area contributed by atoms with Crippen LogP contribution in [-0.4, -0.2) is 22.5 Å². The lowest BCUT2D eigenvalue weighted by atomic mass is 10.2. The van der Waals surface area contributed by atoms with E-state index in [-0.39, 0.29) is 16.8 Å². The van der Waals surface area contributed by atoms with Crippen molar-refractivity contribution in [3.63, 3.8) is 0 Å². The van der Waals surface area contributed by atoms with Crippen molar-refractivity contribution in [3.05, 3.63) is 46.7 Å². The molecule has 0 aliphatic rings. The first-order chi connectivity index (χ1) is 11.4. The molecule has 2 heterocycles. The molecule has 124 valence electrons. The van der Waals surface area contributed by atoms with Gasteiger partial charge >= 0.3 is 12.4 Å². The van der Waals surface area contributed by atoms with Crippen molar-refractivity contribution < 1.29 is 27.1 Å². The summed E-state index contributed by atoms with van der Waals surface area (Å²) in [7, 11) is 0. The third-order valence-corrected chi connectivity index (χ3v) is 3.62. The number of alkyl halides is 3. The quantitative estimate of drug-likeness (QED) is 0.767. The molecule has 3 rings (SSSR count). The summed E-state index contributed by atoms with van der Waals surface area (Å²) >= 11 is 0.794. The Balaban J connectivity index is 1.75. The second kappa shape index (κ2) is 6.32. The summed E-state index contributed by atoms with van der Waals surface area (Å²) in [6, 6.07) is 9.62. The number of nitrogens with one attached hydrogen (secondary N) is 1. The van der Waals surface area contributed by atoms with Gasteiger partial charge in [0.15, 0.2) is 5.75 Å². The number of halogens is 3. The van der Waals surface area contributed by atoms with Gasteiger partial charge in [0.05, 0.1) is 0 Å². The van der Waals surface area contributed by atoms with Crippen LogP contribution < -0.4 is 10.1 Å². The summed E-state index contributed by atoms with van der Waals surface area (Å²) in [5, 5.41) is 11.0. The third-order valence-electron chi connectivity index (χ3n) is 2.73. The fourth-order valence-corrected chi connectivity index (χ4v) is 2.50. The van der Waals surface area contributed by atoms with Crippen LogP contribution in [-0.2, 0) is 0 Å². The maximum absolute atomic E-state index is 12.3. The number of hydrogen-bond acceptors (Lipinski definition) is 6. The molecular weight excluding hydrogens is 347 g/mol. The lowest BCUT2D eigenvalue weighted by molar-refractivity contribution is -0.274. The molecule has 3 aromatic rings. The summed E-state index contributed by atoms with van der Waals surface area (Å²) in [5.74, 6) is -1.26. The standard InChI is InChI=1S/C14H8F3N3O3S/c15-14(16,17)23-9-6-7-24-10(9)11(21)18-13-20-19-12(22-13)8-4-2-1-3-5-8/h1-7H,(H,18,20,21). The van der Waals surface area contributed by atoms with Gasteiger partial charge in [0.1, 0.15) is 4.88 Å². The Bertz CT molecular complexity index is 846. The molecule has 2 aromatic heterocycles. The van der Waals surface area contributed by atoms with Crippen molar-refractivity contribution >= 4 is 23.3 Å².